The van der Waals surface area contributed by atoms with Crippen molar-refractivity contribution in [1.29, 1.82) is 0 Å². The Morgan fingerprint density at radius 2 is 1.88 bits per heavy atom. The van der Waals surface area contributed by atoms with E-state index in [2.05, 4.69) is 22.1 Å². The molecule has 0 aromatic rings. The summed E-state index contributed by atoms with van der Waals surface area (Å²) in [6.07, 6.45) is 4.53. The Bertz CT molecular complexity index is 479. The maximum atomic E-state index is 12.6. The van der Waals surface area contributed by atoms with Crippen molar-refractivity contribution in [1.82, 2.24) is 15.1 Å². The first kappa shape index (κ1) is 18.5. The molecule has 0 atom stereocenters. The molecule has 7 heteroatoms. The van der Waals surface area contributed by atoms with Gasteiger partial charge in [0.25, 0.3) is 0 Å². The number of ether oxygens (including phenoxy) is 1. The number of carbonyl (C=O) groups excluding carboxylic acids is 1. The number of likely N-dealkylation sites (tertiary alicyclic amines) is 1. The summed E-state index contributed by atoms with van der Waals surface area (Å²) in [5, 5.41) is 13.6. The molecule has 0 aromatic carbocycles. The summed E-state index contributed by atoms with van der Waals surface area (Å²) in [7, 11) is 0. The minimum absolute atomic E-state index is 0.119. The van der Waals surface area contributed by atoms with Crippen LogP contribution in [-0.2, 0) is 9.53 Å². The largest absolute Gasteiger partial charge is 0.388 e. The Morgan fingerprint density at radius 3 is 2.44 bits per heavy atom. The highest BCUT2D eigenvalue weighted by Gasteiger charge is 2.35. The molecular formula is C18H32N4O3. The monoisotopic (exact) mass is 352 g/mol. The Kier molecular flexibility index (Phi) is 6.17. The van der Waals surface area contributed by atoms with Crippen LogP contribution in [0.3, 0.4) is 0 Å². The smallest absolute Gasteiger partial charge is 0.225 e. The van der Waals surface area contributed by atoms with Gasteiger partial charge in [0, 0.05) is 38.6 Å². The molecule has 3 aliphatic rings. The van der Waals surface area contributed by atoms with E-state index in [-0.39, 0.29) is 11.8 Å². The van der Waals surface area contributed by atoms with Crippen molar-refractivity contribution in [3.8, 4) is 0 Å². The van der Waals surface area contributed by atoms with Crippen LogP contribution >= 0.6 is 0 Å². The van der Waals surface area contributed by atoms with E-state index >= 15 is 0 Å². The number of amides is 1. The lowest BCUT2D eigenvalue weighted by molar-refractivity contribution is -0.140. The fourth-order valence-electron chi connectivity index (χ4n) is 3.77. The van der Waals surface area contributed by atoms with Gasteiger partial charge in [-0.1, -0.05) is 0 Å². The number of hydrogen-bond donors (Lipinski definition) is 2. The van der Waals surface area contributed by atoms with Gasteiger partial charge in [-0.3, -0.25) is 9.79 Å². The summed E-state index contributed by atoms with van der Waals surface area (Å²) < 4.78 is 5.33. The van der Waals surface area contributed by atoms with Crippen molar-refractivity contribution in [2.75, 3.05) is 52.5 Å². The molecule has 0 spiro atoms. The third-order valence-electron chi connectivity index (χ3n) is 5.61. The maximum Gasteiger partial charge on any atom is 0.225 e. The van der Waals surface area contributed by atoms with Gasteiger partial charge in [-0.25, -0.2) is 0 Å². The van der Waals surface area contributed by atoms with E-state index in [9.17, 15) is 9.90 Å². The summed E-state index contributed by atoms with van der Waals surface area (Å²) >= 11 is 0. The van der Waals surface area contributed by atoms with E-state index < -0.39 is 5.60 Å². The second-order valence-electron chi connectivity index (χ2n) is 7.45. The minimum Gasteiger partial charge on any atom is -0.388 e. The normalized spacial score (nSPS) is 24.8. The van der Waals surface area contributed by atoms with Crippen LogP contribution in [0.2, 0.25) is 0 Å². The first-order valence-electron chi connectivity index (χ1n) is 9.73. The van der Waals surface area contributed by atoms with Crippen molar-refractivity contribution in [2.45, 2.75) is 44.6 Å². The average Bonchev–Trinajstić information content (AvgIpc) is 2.64. The fraction of sp³-hybridized carbons (Fsp3) is 0.889. The standard InChI is InChI=1S/C18H32N4O3/c1-2-19-17(20-14-18(24)6-3-7-18)22-8-4-15(5-9-22)16(23)21-10-12-25-13-11-21/h15,24H,2-14H2,1H3,(H,19,20). The van der Waals surface area contributed by atoms with Gasteiger partial charge in [0.05, 0.1) is 25.4 Å². The lowest BCUT2D eigenvalue weighted by atomic mass is 9.80. The number of hydrogen-bond acceptors (Lipinski definition) is 4. The molecule has 1 saturated carbocycles. The predicted molar refractivity (Wildman–Crippen MR) is 96.5 cm³/mol. The van der Waals surface area contributed by atoms with Crippen LogP contribution in [-0.4, -0.2) is 84.9 Å². The SMILES string of the molecule is CCNC(=NCC1(O)CCC1)N1CCC(C(=O)N2CCOCC2)CC1. The fourth-order valence-corrected chi connectivity index (χ4v) is 3.77. The van der Waals surface area contributed by atoms with Crippen LogP contribution in [0.1, 0.15) is 39.0 Å². The van der Waals surface area contributed by atoms with Crippen LogP contribution in [0.15, 0.2) is 4.99 Å². The van der Waals surface area contributed by atoms with Gasteiger partial charge in [-0.15, -0.1) is 0 Å². The Balaban J connectivity index is 1.51. The van der Waals surface area contributed by atoms with Crippen LogP contribution in [0.25, 0.3) is 0 Å². The average molecular weight is 352 g/mol. The van der Waals surface area contributed by atoms with E-state index in [1.807, 2.05) is 4.90 Å². The highest BCUT2D eigenvalue weighted by atomic mass is 16.5. The number of morpholine rings is 1. The van der Waals surface area contributed by atoms with Crippen LogP contribution < -0.4 is 5.32 Å². The van der Waals surface area contributed by atoms with Crippen LogP contribution in [0, 0.1) is 5.92 Å². The number of nitrogens with one attached hydrogen (secondary N) is 1. The van der Waals surface area contributed by atoms with E-state index in [1.54, 1.807) is 0 Å². The Labute approximate surface area is 150 Å². The number of aliphatic hydroxyl groups is 1. The number of carbonyl (C=O) groups is 1. The molecule has 1 aliphatic carbocycles. The number of guanidine groups is 1. The van der Waals surface area contributed by atoms with Crippen LogP contribution in [0.5, 0.6) is 0 Å². The summed E-state index contributed by atoms with van der Waals surface area (Å²) in [6, 6.07) is 0. The van der Waals surface area contributed by atoms with Gasteiger partial charge in [0.15, 0.2) is 5.96 Å². The molecule has 0 radical (unpaired) electrons. The maximum absolute atomic E-state index is 12.6. The second-order valence-corrected chi connectivity index (χ2v) is 7.45. The highest BCUT2D eigenvalue weighted by molar-refractivity contribution is 5.82. The quantitative estimate of drug-likeness (QED) is 0.567. The Hall–Kier alpha value is -1.34. The van der Waals surface area contributed by atoms with Gasteiger partial charge in [-0.05, 0) is 39.0 Å². The van der Waals surface area contributed by atoms with Crippen molar-refractivity contribution < 1.29 is 14.6 Å². The summed E-state index contributed by atoms with van der Waals surface area (Å²) in [5.74, 6) is 1.28. The molecule has 0 unspecified atom stereocenters. The second kappa shape index (κ2) is 8.36. The number of aliphatic imine (C=N–C) groups is 1. The van der Waals surface area contributed by atoms with Gasteiger partial charge in [0.2, 0.25) is 5.91 Å². The van der Waals surface area contributed by atoms with Crippen molar-refractivity contribution >= 4 is 11.9 Å². The molecular weight excluding hydrogens is 320 g/mol. The van der Waals surface area contributed by atoms with E-state index in [0.717, 1.165) is 70.8 Å². The summed E-state index contributed by atoms with van der Waals surface area (Å²) in [5.41, 5.74) is -0.592. The van der Waals surface area contributed by atoms with Gasteiger partial charge >= 0.3 is 0 Å². The molecule has 0 bridgehead atoms. The lowest BCUT2D eigenvalue weighted by Crippen LogP contribution is -2.50. The number of rotatable bonds is 4. The lowest BCUT2D eigenvalue weighted by Gasteiger charge is -2.38. The number of nitrogens with zero attached hydrogens (tertiary/aromatic N) is 3. The van der Waals surface area contributed by atoms with E-state index in [4.69, 9.17) is 4.74 Å². The molecule has 142 valence electrons. The van der Waals surface area contributed by atoms with E-state index in [0.29, 0.717) is 19.8 Å². The predicted octanol–water partition coefficient (Wildman–Crippen LogP) is 0.438. The molecule has 2 N–H and O–H groups in total. The highest BCUT2D eigenvalue weighted by Crippen LogP contribution is 2.31. The number of piperidine rings is 1. The zero-order valence-corrected chi connectivity index (χ0v) is 15.4. The van der Waals surface area contributed by atoms with Crippen LogP contribution in [0.4, 0.5) is 0 Å². The third-order valence-corrected chi connectivity index (χ3v) is 5.61. The van der Waals surface area contributed by atoms with Crippen molar-refractivity contribution in [3.05, 3.63) is 0 Å². The van der Waals surface area contributed by atoms with Gasteiger partial charge in [-0.2, -0.15) is 0 Å². The van der Waals surface area contributed by atoms with Crippen molar-refractivity contribution in [2.24, 2.45) is 10.9 Å². The molecule has 2 aliphatic heterocycles. The first-order chi connectivity index (χ1) is 12.1. The molecule has 3 fully saturated rings. The molecule has 0 aromatic heterocycles. The third kappa shape index (κ3) is 4.64. The zero-order chi connectivity index (χ0) is 17.7. The summed E-state index contributed by atoms with van der Waals surface area (Å²) in [4.78, 5) is 21.5. The van der Waals surface area contributed by atoms with Gasteiger partial charge in [0.1, 0.15) is 0 Å². The van der Waals surface area contributed by atoms with E-state index in [1.165, 1.54) is 0 Å². The minimum atomic E-state index is -0.592. The van der Waals surface area contributed by atoms with Crippen molar-refractivity contribution in [3.63, 3.8) is 0 Å². The molecule has 2 saturated heterocycles. The first-order valence-corrected chi connectivity index (χ1v) is 9.73. The molecule has 7 nitrogen and oxygen atoms in total. The topological polar surface area (TPSA) is 77.4 Å². The molecule has 1 amide bonds. The molecule has 3 rings (SSSR count). The summed E-state index contributed by atoms with van der Waals surface area (Å²) in [6.45, 7) is 7.78. The Morgan fingerprint density at radius 1 is 1.20 bits per heavy atom. The zero-order valence-electron chi connectivity index (χ0n) is 15.4. The molecule has 25 heavy (non-hydrogen) atoms. The molecule has 2 heterocycles. The van der Waals surface area contributed by atoms with Gasteiger partial charge < -0.3 is 25.0 Å².